The molecule has 0 radical (unpaired) electrons. The second-order valence-electron chi connectivity index (χ2n) is 5.08. The molecule has 0 aromatic heterocycles. The fourth-order valence-corrected chi connectivity index (χ4v) is 3.30. The molecule has 3 N–H and O–H groups in total. The molecule has 0 saturated carbocycles. The van der Waals surface area contributed by atoms with Gasteiger partial charge in [-0.3, -0.25) is 0 Å². The molecule has 4 nitrogen and oxygen atoms in total. The second-order valence-corrected chi connectivity index (χ2v) is 6.81. The lowest BCUT2D eigenvalue weighted by molar-refractivity contribution is 0.491. The van der Waals surface area contributed by atoms with Crippen LogP contribution in [-0.2, 0) is 22.3 Å². The monoisotopic (exact) mass is 256 g/mol. The van der Waals surface area contributed by atoms with Crippen LogP contribution in [0.15, 0.2) is 24.3 Å². The average Bonchev–Trinajstić information content (AvgIpc) is 2.14. The Hall–Kier alpha value is -0.910. The van der Waals surface area contributed by atoms with Crippen LogP contribution in [0, 0.1) is 0 Å². The van der Waals surface area contributed by atoms with Crippen LogP contribution in [0.3, 0.4) is 0 Å². The second kappa shape index (κ2) is 5.16. The lowest BCUT2D eigenvalue weighted by Gasteiger charge is -2.20. The number of rotatable bonds is 4. The third-order valence-corrected chi connectivity index (χ3v) is 3.76. The summed E-state index contributed by atoms with van der Waals surface area (Å²) in [5, 5.41) is 0. The van der Waals surface area contributed by atoms with Crippen molar-refractivity contribution in [3.63, 3.8) is 0 Å². The Kier molecular flexibility index (Phi) is 4.30. The first-order valence-electron chi connectivity index (χ1n) is 5.52. The summed E-state index contributed by atoms with van der Waals surface area (Å²) in [6, 6.07) is 7.32. The Balaban J connectivity index is 2.91. The normalized spacial score (nSPS) is 12.7. The van der Waals surface area contributed by atoms with E-state index < -0.39 is 15.6 Å². The maximum Gasteiger partial charge on any atom is 0.216 e. The summed E-state index contributed by atoms with van der Waals surface area (Å²) >= 11 is 0. The molecule has 0 aliphatic carbocycles. The molecule has 0 saturated heterocycles. The predicted octanol–water partition coefficient (Wildman–Crippen LogP) is 1.36. The van der Waals surface area contributed by atoms with Gasteiger partial charge in [-0.1, -0.05) is 24.3 Å². The Bertz CT molecular complexity index is 476. The van der Waals surface area contributed by atoms with Crippen LogP contribution < -0.4 is 10.5 Å². The van der Waals surface area contributed by atoms with Crippen LogP contribution in [0.1, 0.15) is 31.9 Å². The fourth-order valence-electron chi connectivity index (χ4n) is 1.60. The van der Waals surface area contributed by atoms with Gasteiger partial charge in [-0.2, -0.15) is 0 Å². The van der Waals surface area contributed by atoms with Crippen molar-refractivity contribution in [2.45, 2.75) is 38.6 Å². The molecule has 1 rings (SSSR count). The van der Waals surface area contributed by atoms with Crippen LogP contribution >= 0.6 is 0 Å². The minimum atomic E-state index is -3.33. The third-order valence-electron chi connectivity index (χ3n) is 2.15. The number of hydrogen-bond donors (Lipinski definition) is 2. The van der Waals surface area contributed by atoms with E-state index in [1.54, 1.807) is 6.07 Å². The maximum absolute atomic E-state index is 11.9. The summed E-state index contributed by atoms with van der Waals surface area (Å²) in [7, 11) is -3.33. The van der Waals surface area contributed by atoms with Crippen molar-refractivity contribution < 1.29 is 8.42 Å². The van der Waals surface area contributed by atoms with Crippen LogP contribution in [0.5, 0.6) is 0 Å². The van der Waals surface area contributed by atoms with E-state index in [0.717, 1.165) is 11.1 Å². The van der Waals surface area contributed by atoms with Gasteiger partial charge in [-0.15, -0.1) is 0 Å². The van der Waals surface area contributed by atoms with Gasteiger partial charge >= 0.3 is 0 Å². The molecule has 0 spiro atoms. The molecular weight excluding hydrogens is 236 g/mol. The Labute approximate surface area is 103 Å². The van der Waals surface area contributed by atoms with Gasteiger partial charge in [-0.05, 0) is 31.9 Å². The molecule has 17 heavy (non-hydrogen) atoms. The van der Waals surface area contributed by atoms with E-state index in [4.69, 9.17) is 5.73 Å². The SMILES string of the molecule is CC(C)(C)NS(=O)(=O)Cc1ccccc1CN. The van der Waals surface area contributed by atoms with Gasteiger partial charge < -0.3 is 5.73 Å². The number of nitrogens with two attached hydrogens (primary N) is 1. The van der Waals surface area contributed by atoms with E-state index >= 15 is 0 Å². The largest absolute Gasteiger partial charge is 0.326 e. The molecule has 1 aromatic rings. The minimum absolute atomic E-state index is 0.0301. The molecule has 1 aromatic carbocycles. The Morgan fingerprint density at radius 1 is 1.18 bits per heavy atom. The summed E-state index contributed by atoms with van der Waals surface area (Å²) in [5.74, 6) is -0.0301. The Morgan fingerprint density at radius 2 is 1.71 bits per heavy atom. The van der Waals surface area contributed by atoms with Gasteiger partial charge in [0.1, 0.15) is 0 Å². The highest BCUT2D eigenvalue weighted by Gasteiger charge is 2.20. The van der Waals surface area contributed by atoms with Gasteiger partial charge in [0, 0.05) is 12.1 Å². The standard InChI is InChI=1S/C12H20N2O2S/c1-12(2,3)14-17(15,16)9-11-7-5-4-6-10(11)8-13/h4-7,14H,8-9,13H2,1-3H3. The maximum atomic E-state index is 11.9. The molecule has 0 aliphatic rings. The van der Waals surface area contributed by atoms with Gasteiger partial charge in [0.15, 0.2) is 0 Å². The van der Waals surface area contributed by atoms with Crippen LogP contribution in [0.25, 0.3) is 0 Å². The van der Waals surface area contributed by atoms with E-state index in [-0.39, 0.29) is 5.75 Å². The highest BCUT2D eigenvalue weighted by Crippen LogP contribution is 2.13. The summed E-state index contributed by atoms with van der Waals surface area (Å²) in [6.45, 7) is 5.80. The summed E-state index contributed by atoms with van der Waals surface area (Å²) in [4.78, 5) is 0. The minimum Gasteiger partial charge on any atom is -0.326 e. The van der Waals surface area contributed by atoms with E-state index in [9.17, 15) is 8.42 Å². The van der Waals surface area contributed by atoms with Gasteiger partial charge in [0.05, 0.1) is 5.75 Å². The van der Waals surface area contributed by atoms with E-state index in [1.807, 2.05) is 39.0 Å². The highest BCUT2D eigenvalue weighted by molar-refractivity contribution is 7.88. The number of benzene rings is 1. The quantitative estimate of drug-likeness (QED) is 0.854. The fraction of sp³-hybridized carbons (Fsp3) is 0.500. The summed E-state index contributed by atoms with van der Waals surface area (Å²) < 4.78 is 26.5. The molecular formula is C12H20N2O2S. The molecule has 5 heteroatoms. The molecule has 0 aliphatic heterocycles. The van der Waals surface area contributed by atoms with E-state index in [0.29, 0.717) is 6.54 Å². The Morgan fingerprint density at radius 3 is 2.18 bits per heavy atom. The smallest absolute Gasteiger partial charge is 0.216 e. The van der Waals surface area contributed by atoms with Crippen molar-refractivity contribution in [3.05, 3.63) is 35.4 Å². The molecule has 0 atom stereocenters. The predicted molar refractivity (Wildman–Crippen MR) is 69.8 cm³/mol. The highest BCUT2D eigenvalue weighted by atomic mass is 32.2. The number of hydrogen-bond acceptors (Lipinski definition) is 3. The van der Waals surface area contributed by atoms with Gasteiger partial charge in [0.25, 0.3) is 0 Å². The van der Waals surface area contributed by atoms with E-state index in [2.05, 4.69) is 4.72 Å². The molecule has 0 amide bonds. The topological polar surface area (TPSA) is 72.2 Å². The number of sulfonamides is 1. The zero-order chi connectivity index (χ0) is 13.1. The van der Waals surface area contributed by atoms with E-state index in [1.165, 1.54) is 0 Å². The van der Waals surface area contributed by atoms with Crippen molar-refractivity contribution in [2.75, 3.05) is 0 Å². The first-order chi connectivity index (χ1) is 7.73. The van der Waals surface area contributed by atoms with Crippen molar-refractivity contribution >= 4 is 10.0 Å². The van der Waals surface area contributed by atoms with Gasteiger partial charge in [-0.25, -0.2) is 13.1 Å². The molecule has 0 bridgehead atoms. The lowest BCUT2D eigenvalue weighted by Crippen LogP contribution is -2.41. The average molecular weight is 256 g/mol. The number of nitrogens with one attached hydrogen (secondary N) is 1. The van der Waals surface area contributed by atoms with Crippen molar-refractivity contribution in [3.8, 4) is 0 Å². The molecule has 0 heterocycles. The first kappa shape index (κ1) is 14.2. The lowest BCUT2D eigenvalue weighted by atomic mass is 10.1. The molecule has 0 unspecified atom stereocenters. The summed E-state index contributed by atoms with van der Waals surface area (Å²) in [6.07, 6.45) is 0. The zero-order valence-electron chi connectivity index (χ0n) is 10.5. The van der Waals surface area contributed by atoms with Gasteiger partial charge in [0.2, 0.25) is 10.0 Å². The first-order valence-corrected chi connectivity index (χ1v) is 7.17. The van der Waals surface area contributed by atoms with Crippen LogP contribution in [-0.4, -0.2) is 14.0 Å². The summed E-state index contributed by atoms with van der Waals surface area (Å²) in [5.41, 5.74) is 6.74. The molecule has 0 fully saturated rings. The van der Waals surface area contributed by atoms with Crippen molar-refractivity contribution in [1.29, 1.82) is 0 Å². The zero-order valence-corrected chi connectivity index (χ0v) is 11.3. The van der Waals surface area contributed by atoms with Crippen molar-refractivity contribution in [2.24, 2.45) is 5.73 Å². The van der Waals surface area contributed by atoms with Crippen LogP contribution in [0.2, 0.25) is 0 Å². The third kappa shape index (κ3) is 4.85. The molecule has 96 valence electrons. The van der Waals surface area contributed by atoms with Crippen molar-refractivity contribution in [1.82, 2.24) is 4.72 Å². The van der Waals surface area contributed by atoms with Crippen LogP contribution in [0.4, 0.5) is 0 Å².